The van der Waals surface area contributed by atoms with E-state index < -0.39 is 11.7 Å². The molecule has 0 fully saturated rings. The minimum Gasteiger partial charge on any atom is -0.346 e. The fraction of sp³-hybridized carbons (Fsp3) is 0.375. The maximum atomic E-state index is 12.5. The standard InChI is InChI=1S/C16H19F3N2/c1-12(2)20-10-15-4-3-9-21(15)11-13-5-7-14(8-6-13)16(17,18)19/h3-9,12,20H,10-11H2,1-2H3. The van der Waals surface area contributed by atoms with Crippen LogP contribution in [0.25, 0.3) is 0 Å². The van der Waals surface area contributed by atoms with Gasteiger partial charge >= 0.3 is 6.18 Å². The molecule has 0 bridgehead atoms. The Balaban J connectivity index is 2.07. The number of nitrogens with one attached hydrogen (secondary N) is 1. The highest BCUT2D eigenvalue weighted by Crippen LogP contribution is 2.29. The molecule has 0 saturated carbocycles. The number of aromatic nitrogens is 1. The number of benzene rings is 1. The molecular weight excluding hydrogens is 277 g/mol. The molecule has 2 rings (SSSR count). The van der Waals surface area contributed by atoms with E-state index in [0.29, 0.717) is 12.6 Å². The van der Waals surface area contributed by atoms with Crippen LogP contribution in [0.3, 0.4) is 0 Å². The molecule has 114 valence electrons. The van der Waals surface area contributed by atoms with E-state index in [-0.39, 0.29) is 0 Å². The van der Waals surface area contributed by atoms with E-state index in [1.807, 2.05) is 22.9 Å². The third-order valence-corrected chi connectivity index (χ3v) is 3.25. The van der Waals surface area contributed by atoms with Crippen LogP contribution in [-0.4, -0.2) is 10.6 Å². The summed E-state index contributed by atoms with van der Waals surface area (Å²) >= 11 is 0. The first-order valence-electron chi connectivity index (χ1n) is 6.90. The van der Waals surface area contributed by atoms with Crippen molar-refractivity contribution in [1.82, 2.24) is 9.88 Å². The van der Waals surface area contributed by atoms with Crippen molar-refractivity contribution in [1.29, 1.82) is 0 Å². The third kappa shape index (κ3) is 4.36. The van der Waals surface area contributed by atoms with Crippen molar-refractivity contribution in [3.8, 4) is 0 Å². The highest BCUT2D eigenvalue weighted by molar-refractivity contribution is 5.25. The van der Waals surface area contributed by atoms with Gasteiger partial charge in [0.25, 0.3) is 0 Å². The molecule has 0 unspecified atom stereocenters. The Kier molecular flexibility index (Phi) is 4.73. The summed E-state index contributed by atoms with van der Waals surface area (Å²) in [7, 11) is 0. The molecule has 2 nitrogen and oxygen atoms in total. The van der Waals surface area contributed by atoms with Gasteiger partial charge in [-0.25, -0.2) is 0 Å². The number of halogens is 3. The summed E-state index contributed by atoms with van der Waals surface area (Å²) in [5.41, 5.74) is 1.36. The van der Waals surface area contributed by atoms with Crippen LogP contribution in [0.5, 0.6) is 0 Å². The van der Waals surface area contributed by atoms with E-state index in [0.717, 1.165) is 29.9 Å². The summed E-state index contributed by atoms with van der Waals surface area (Å²) in [4.78, 5) is 0. The van der Waals surface area contributed by atoms with Crippen molar-refractivity contribution in [2.75, 3.05) is 0 Å². The molecule has 0 spiro atoms. The summed E-state index contributed by atoms with van der Waals surface area (Å²) in [5.74, 6) is 0. The van der Waals surface area contributed by atoms with Crippen LogP contribution in [-0.2, 0) is 19.3 Å². The Labute approximate surface area is 122 Å². The first-order chi connectivity index (χ1) is 9.86. The molecule has 0 amide bonds. The fourth-order valence-corrected chi connectivity index (χ4v) is 2.07. The van der Waals surface area contributed by atoms with Gasteiger partial charge in [0, 0.05) is 31.0 Å². The molecule has 1 heterocycles. The van der Waals surface area contributed by atoms with Crippen molar-refractivity contribution in [2.45, 2.75) is 39.2 Å². The number of hydrogen-bond donors (Lipinski definition) is 1. The van der Waals surface area contributed by atoms with Gasteiger partial charge in [-0.15, -0.1) is 0 Å². The highest BCUT2D eigenvalue weighted by Gasteiger charge is 2.29. The number of hydrogen-bond acceptors (Lipinski definition) is 1. The predicted molar refractivity (Wildman–Crippen MR) is 77.0 cm³/mol. The molecule has 21 heavy (non-hydrogen) atoms. The topological polar surface area (TPSA) is 17.0 Å². The van der Waals surface area contributed by atoms with Gasteiger partial charge in [-0.1, -0.05) is 26.0 Å². The fourth-order valence-electron chi connectivity index (χ4n) is 2.07. The number of rotatable bonds is 5. The minimum atomic E-state index is -4.28. The predicted octanol–water partition coefficient (Wildman–Crippen LogP) is 4.05. The molecular formula is C16H19F3N2. The zero-order valence-electron chi connectivity index (χ0n) is 12.1. The molecule has 0 atom stereocenters. The monoisotopic (exact) mass is 296 g/mol. The van der Waals surface area contributed by atoms with Crippen LogP contribution < -0.4 is 5.32 Å². The minimum absolute atomic E-state index is 0.388. The normalized spacial score (nSPS) is 12.1. The van der Waals surface area contributed by atoms with E-state index in [1.165, 1.54) is 12.1 Å². The van der Waals surface area contributed by atoms with Gasteiger partial charge in [-0.05, 0) is 29.8 Å². The molecule has 1 N–H and O–H groups in total. The van der Waals surface area contributed by atoms with Crippen LogP contribution in [0.4, 0.5) is 13.2 Å². The van der Waals surface area contributed by atoms with E-state index >= 15 is 0 Å². The van der Waals surface area contributed by atoms with Gasteiger partial charge in [0.2, 0.25) is 0 Å². The Morgan fingerprint density at radius 2 is 1.76 bits per heavy atom. The highest BCUT2D eigenvalue weighted by atomic mass is 19.4. The number of nitrogens with zero attached hydrogens (tertiary/aromatic N) is 1. The van der Waals surface area contributed by atoms with Crippen LogP contribution in [0.2, 0.25) is 0 Å². The summed E-state index contributed by atoms with van der Waals surface area (Å²) < 4.78 is 39.6. The molecule has 5 heteroatoms. The Hall–Kier alpha value is -1.75. The van der Waals surface area contributed by atoms with E-state index in [1.54, 1.807) is 0 Å². The number of alkyl halides is 3. The Morgan fingerprint density at radius 1 is 1.10 bits per heavy atom. The summed E-state index contributed by atoms with van der Waals surface area (Å²) in [6, 6.07) is 9.67. The van der Waals surface area contributed by atoms with Crippen molar-refractivity contribution >= 4 is 0 Å². The van der Waals surface area contributed by atoms with Gasteiger partial charge in [-0.2, -0.15) is 13.2 Å². The van der Waals surface area contributed by atoms with Crippen LogP contribution in [0, 0.1) is 0 Å². The maximum Gasteiger partial charge on any atom is 0.416 e. The lowest BCUT2D eigenvalue weighted by Gasteiger charge is -2.13. The lowest BCUT2D eigenvalue weighted by atomic mass is 10.1. The average molecular weight is 296 g/mol. The van der Waals surface area contributed by atoms with Gasteiger partial charge in [-0.3, -0.25) is 0 Å². The average Bonchev–Trinajstić information content (AvgIpc) is 2.83. The van der Waals surface area contributed by atoms with Gasteiger partial charge in [0.15, 0.2) is 0 Å². The smallest absolute Gasteiger partial charge is 0.346 e. The Morgan fingerprint density at radius 3 is 2.33 bits per heavy atom. The van der Waals surface area contributed by atoms with Crippen molar-refractivity contribution < 1.29 is 13.2 Å². The van der Waals surface area contributed by atoms with Crippen LogP contribution >= 0.6 is 0 Å². The zero-order valence-corrected chi connectivity index (χ0v) is 12.1. The van der Waals surface area contributed by atoms with Crippen LogP contribution in [0.1, 0.15) is 30.7 Å². The summed E-state index contributed by atoms with van der Waals surface area (Å²) in [6.45, 7) is 5.46. The van der Waals surface area contributed by atoms with Gasteiger partial charge in [0.1, 0.15) is 0 Å². The van der Waals surface area contributed by atoms with Crippen molar-refractivity contribution in [3.05, 3.63) is 59.4 Å². The molecule has 0 aliphatic carbocycles. The lowest BCUT2D eigenvalue weighted by molar-refractivity contribution is -0.137. The quantitative estimate of drug-likeness (QED) is 0.880. The second-order valence-corrected chi connectivity index (χ2v) is 5.36. The van der Waals surface area contributed by atoms with Gasteiger partial charge < -0.3 is 9.88 Å². The molecule has 0 saturated heterocycles. The first kappa shape index (κ1) is 15.6. The molecule has 2 aromatic rings. The van der Waals surface area contributed by atoms with E-state index in [4.69, 9.17) is 0 Å². The SMILES string of the molecule is CC(C)NCc1cccn1Cc1ccc(C(F)(F)F)cc1. The maximum absolute atomic E-state index is 12.5. The van der Waals surface area contributed by atoms with E-state index in [9.17, 15) is 13.2 Å². The third-order valence-electron chi connectivity index (χ3n) is 3.25. The summed E-state index contributed by atoms with van der Waals surface area (Å²) in [6.07, 6.45) is -2.34. The lowest BCUT2D eigenvalue weighted by Crippen LogP contribution is -2.23. The zero-order chi connectivity index (χ0) is 15.5. The first-order valence-corrected chi connectivity index (χ1v) is 6.90. The van der Waals surface area contributed by atoms with Crippen molar-refractivity contribution in [2.24, 2.45) is 0 Å². The van der Waals surface area contributed by atoms with Crippen molar-refractivity contribution in [3.63, 3.8) is 0 Å². The molecule has 0 aliphatic heterocycles. The van der Waals surface area contributed by atoms with Gasteiger partial charge in [0.05, 0.1) is 5.56 Å². The molecule has 0 aliphatic rings. The van der Waals surface area contributed by atoms with Crippen LogP contribution in [0.15, 0.2) is 42.6 Å². The molecule has 0 radical (unpaired) electrons. The Bertz CT molecular complexity index is 568. The molecule has 1 aromatic carbocycles. The molecule has 1 aromatic heterocycles. The largest absolute Gasteiger partial charge is 0.416 e. The van der Waals surface area contributed by atoms with E-state index in [2.05, 4.69) is 19.2 Å². The second kappa shape index (κ2) is 6.35. The second-order valence-electron chi connectivity index (χ2n) is 5.36. The summed E-state index contributed by atoms with van der Waals surface area (Å²) in [5, 5.41) is 3.33.